The van der Waals surface area contributed by atoms with Gasteiger partial charge in [0.05, 0.1) is 16.4 Å². The first-order valence-electron chi connectivity index (χ1n) is 10.6. The minimum absolute atomic E-state index is 0.0169. The molecule has 12 heteroatoms. The fraction of sp³-hybridized carbons (Fsp3) is 0.273. The van der Waals surface area contributed by atoms with Gasteiger partial charge >= 0.3 is 0 Å². The second kappa shape index (κ2) is 9.92. The molecule has 0 saturated carbocycles. The first-order valence-corrected chi connectivity index (χ1v) is 12.4. The van der Waals surface area contributed by atoms with E-state index in [0.29, 0.717) is 24.4 Å². The number of hydrogen-bond donors (Lipinski definition) is 1. The summed E-state index contributed by atoms with van der Waals surface area (Å²) in [7, 11) is -3.80. The summed E-state index contributed by atoms with van der Waals surface area (Å²) in [6, 6.07) is 14.5. The van der Waals surface area contributed by atoms with Gasteiger partial charge in [0.25, 0.3) is 5.69 Å². The lowest BCUT2D eigenvalue weighted by Crippen LogP contribution is -2.41. The second-order valence-corrected chi connectivity index (χ2v) is 10.3. The molecule has 1 amide bonds. The molecule has 4 rings (SSSR count). The Morgan fingerprint density at radius 3 is 2.38 bits per heavy atom. The molecule has 0 bridgehead atoms. The summed E-state index contributed by atoms with van der Waals surface area (Å²) in [6.07, 6.45) is 2.31. The Bertz CT molecular complexity index is 1290. The van der Waals surface area contributed by atoms with Crippen molar-refractivity contribution in [2.75, 3.05) is 18.4 Å². The summed E-state index contributed by atoms with van der Waals surface area (Å²) in [5.74, 6) is -0.388. The smallest absolute Gasteiger partial charge is 0.269 e. The maximum Gasteiger partial charge on any atom is 0.269 e. The van der Waals surface area contributed by atoms with Gasteiger partial charge in [0.2, 0.25) is 15.9 Å². The van der Waals surface area contributed by atoms with Crippen molar-refractivity contribution < 1.29 is 18.1 Å². The van der Waals surface area contributed by atoms with E-state index >= 15 is 0 Å². The molecular formula is C22H22ClN5O5S. The third-order valence-corrected chi connectivity index (χ3v) is 7.85. The highest BCUT2D eigenvalue weighted by Crippen LogP contribution is 2.27. The standard InChI is InChI=1S/C22H22ClN5O5S/c23-20-15-26(14-16-4-2-1-3-5-16)25-21(20)24-22(29)17-10-12-27(13-11-17)34(32,33)19-8-6-18(7-9-19)28(30)31/h1-9,15,17H,10-14H2,(H,24,25,29). The average Bonchev–Trinajstić information content (AvgIpc) is 3.18. The maximum atomic E-state index is 12.9. The fourth-order valence-corrected chi connectivity index (χ4v) is 5.47. The number of nitro benzene ring substituents is 1. The lowest BCUT2D eigenvalue weighted by Gasteiger charge is -2.30. The van der Waals surface area contributed by atoms with E-state index in [1.807, 2.05) is 30.3 Å². The summed E-state index contributed by atoms with van der Waals surface area (Å²) in [5, 5.41) is 18.2. The Kier molecular flexibility index (Phi) is 6.96. The van der Waals surface area contributed by atoms with Gasteiger partial charge < -0.3 is 5.32 Å². The van der Waals surface area contributed by atoms with E-state index in [9.17, 15) is 23.3 Å². The molecule has 0 atom stereocenters. The highest BCUT2D eigenvalue weighted by atomic mass is 35.5. The molecule has 1 saturated heterocycles. The quantitative estimate of drug-likeness (QED) is 0.388. The molecule has 34 heavy (non-hydrogen) atoms. The summed E-state index contributed by atoms with van der Waals surface area (Å²) in [4.78, 5) is 23.0. The summed E-state index contributed by atoms with van der Waals surface area (Å²) in [5.41, 5.74) is 0.861. The molecule has 178 valence electrons. The zero-order chi connectivity index (χ0) is 24.3. The molecule has 1 aliphatic rings. The number of anilines is 1. The molecule has 0 aliphatic carbocycles. The Morgan fingerprint density at radius 2 is 1.76 bits per heavy atom. The molecule has 0 unspecified atom stereocenters. The van der Waals surface area contributed by atoms with Gasteiger partial charge in [0.1, 0.15) is 5.02 Å². The Labute approximate surface area is 201 Å². The van der Waals surface area contributed by atoms with E-state index in [1.165, 1.54) is 16.4 Å². The van der Waals surface area contributed by atoms with Crippen LogP contribution in [0.2, 0.25) is 5.02 Å². The van der Waals surface area contributed by atoms with Crippen molar-refractivity contribution in [2.24, 2.45) is 5.92 Å². The van der Waals surface area contributed by atoms with Crippen molar-refractivity contribution in [1.82, 2.24) is 14.1 Å². The fourth-order valence-electron chi connectivity index (χ4n) is 3.80. The molecule has 3 aromatic rings. The Morgan fingerprint density at radius 1 is 1.12 bits per heavy atom. The topological polar surface area (TPSA) is 127 Å². The van der Waals surface area contributed by atoms with Gasteiger partial charge in [0, 0.05) is 37.3 Å². The average molecular weight is 504 g/mol. The van der Waals surface area contributed by atoms with Gasteiger partial charge in [-0.15, -0.1) is 0 Å². The van der Waals surface area contributed by atoms with Gasteiger partial charge in [-0.1, -0.05) is 41.9 Å². The number of nitrogens with one attached hydrogen (secondary N) is 1. The minimum Gasteiger partial charge on any atom is -0.308 e. The number of piperidine rings is 1. The number of nitrogens with zero attached hydrogens (tertiary/aromatic N) is 4. The highest BCUT2D eigenvalue weighted by molar-refractivity contribution is 7.89. The predicted molar refractivity (Wildman–Crippen MR) is 126 cm³/mol. The third-order valence-electron chi connectivity index (χ3n) is 5.66. The van der Waals surface area contributed by atoms with Crippen molar-refractivity contribution >= 4 is 39.0 Å². The SMILES string of the molecule is O=C(Nc1nn(Cc2ccccc2)cc1Cl)C1CCN(S(=O)(=O)c2ccc([N+](=O)[O-])cc2)CC1. The van der Waals surface area contributed by atoms with Crippen LogP contribution in [0.1, 0.15) is 18.4 Å². The van der Waals surface area contributed by atoms with Crippen LogP contribution >= 0.6 is 11.6 Å². The third kappa shape index (κ3) is 5.27. The first-order chi connectivity index (χ1) is 16.2. The molecule has 1 aromatic heterocycles. The second-order valence-electron chi connectivity index (χ2n) is 7.93. The van der Waals surface area contributed by atoms with Crippen molar-refractivity contribution in [3.63, 3.8) is 0 Å². The molecule has 1 fully saturated rings. The molecular weight excluding hydrogens is 482 g/mol. The van der Waals surface area contributed by atoms with Crippen LogP contribution in [-0.4, -0.2) is 46.4 Å². The number of nitro groups is 1. The van der Waals surface area contributed by atoms with E-state index < -0.39 is 20.9 Å². The van der Waals surface area contributed by atoms with Crippen molar-refractivity contribution in [3.05, 3.63) is 81.5 Å². The number of amides is 1. The van der Waals surface area contributed by atoms with E-state index in [-0.39, 0.29) is 35.4 Å². The number of benzene rings is 2. The number of aromatic nitrogens is 2. The van der Waals surface area contributed by atoms with Gasteiger partial charge in [-0.3, -0.25) is 19.6 Å². The van der Waals surface area contributed by atoms with Crippen LogP contribution in [0.15, 0.2) is 65.7 Å². The first kappa shape index (κ1) is 23.9. The highest BCUT2D eigenvalue weighted by Gasteiger charge is 2.32. The van der Waals surface area contributed by atoms with Crippen LogP contribution in [0, 0.1) is 16.0 Å². The van der Waals surface area contributed by atoms with Crippen LogP contribution in [-0.2, 0) is 21.4 Å². The molecule has 1 aliphatic heterocycles. The number of sulfonamides is 1. The Balaban J connectivity index is 1.35. The zero-order valence-corrected chi connectivity index (χ0v) is 19.6. The number of rotatable bonds is 7. The molecule has 2 aromatic carbocycles. The van der Waals surface area contributed by atoms with Gasteiger partial charge in [-0.25, -0.2) is 8.42 Å². The molecule has 10 nitrogen and oxygen atoms in total. The summed E-state index contributed by atoms with van der Waals surface area (Å²) in [6.45, 7) is 0.830. The van der Waals surface area contributed by atoms with Gasteiger partial charge in [-0.05, 0) is 30.5 Å². The van der Waals surface area contributed by atoms with E-state index in [4.69, 9.17) is 11.6 Å². The van der Waals surface area contributed by atoms with Gasteiger partial charge in [-0.2, -0.15) is 9.40 Å². The maximum absolute atomic E-state index is 12.9. The number of carbonyl (C=O) groups excluding carboxylic acids is 1. The van der Waals surface area contributed by atoms with E-state index in [0.717, 1.165) is 17.7 Å². The van der Waals surface area contributed by atoms with Crippen molar-refractivity contribution in [1.29, 1.82) is 0 Å². The van der Waals surface area contributed by atoms with E-state index in [1.54, 1.807) is 10.9 Å². The minimum atomic E-state index is -3.80. The van der Waals surface area contributed by atoms with Gasteiger partial charge in [0.15, 0.2) is 5.82 Å². The van der Waals surface area contributed by atoms with Crippen molar-refractivity contribution in [2.45, 2.75) is 24.3 Å². The van der Waals surface area contributed by atoms with Crippen molar-refractivity contribution in [3.8, 4) is 0 Å². The van der Waals surface area contributed by atoms with Crippen LogP contribution in [0.3, 0.4) is 0 Å². The lowest BCUT2D eigenvalue weighted by atomic mass is 9.97. The van der Waals surface area contributed by atoms with E-state index in [2.05, 4.69) is 10.4 Å². The van der Waals surface area contributed by atoms with Crippen LogP contribution in [0.4, 0.5) is 11.5 Å². The number of hydrogen-bond acceptors (Lipinski definition) is 6. The van der Waals surface area contributed by atoms with Crippen LogP contribution < -0.4 is 5.32 Å². The zero-order valence-electron chi connectivity index (χ0n) is 18.0. The number of halogens is 1. The monoisotopic (exact) mass is 503 g/mol. The normalized spacial score (nSPS) is 15.2. The molecule has 0 radical (unpaired) electrons. The molecule has 0 spiro atoms. The lowest BCUT2D eigenvalue weighted by molar-refractivity contribution is -0.384. The molecule has 1 N–H and O–H groups in total. The van der Waals surface area contributed by atoms with Crippen LogP contribution in [0.25, 0.3) is 0 Å². The summed E-state index contributed by atoms with van der Waals surface area (Å²) < 4.78 is 28.7. The number of carbonyl (C=O) groups is 1. The number of non-ortho nitro benzene ring substituents is 1. The summed E-state index contributed by atoms with van der Waals surface area (Å²) >= 11 is 6.25. The largest absolute Gasteiger partial charge is 0.308 e. The Hall–Kier alpha value is -3.28. The van der Waals surface area contributed by atoms with Crippen LogP contribution in [0.5, 0.6) is 0 Å². The molecule has 2 heterocycles. The predicted octanol–water partition coefficient (Wildman–Crippen LogP) is 3.53.